The average Bonchev–Trinajstić information content (AvgIpc) is 2.24. The van der Waals surface area contributed by atoms with Gasteiger partial charge in [-0.25, -0.2) is 0 Å². The zero-order chi connectivity index (χ0) is 12.4. The lowest BCUT2D eigenvalue weighted by Gasteiger charge is -2.16. The Labute approximate surface area is 105 Å². The van der Waals surface area contributed by atoms with Gasteiger partial charge in [-0.2, -0.15) is 0 Å². The summed E-state index contributed by atoms with van der Waals surface area (Å²) in [7, 11) is 0. The SMILES string of the molecule is CCCCCCC(OC=O)OC(=O)C(C)Br. The van der Waals surface area contributed by atoms with Crippen LogP contribution in [0.2, 0.25) is 0 Å². The third kappa shape index (κ3) is 7.68. The van der Waals surface area contributed by atoms with Crippen molar-refractivity contribution in [2.45, 2.75) is 57.1 Å². The molecule has 2 atom stereocenters. The Morgan fingerprint density at radius 2 is 2.06 bits per heavy atom. The Morgan fingerprint density at radius 1 is 1.38 bits per heavy atom. The topological polar surface area (TPSA) is 52.6 Å². The molecule has 94 valence electrons. The maximum absolute atomic E-state index is 11.3. The fourth-order valence-corrected chi connectivity index (χ4v) is 1.29. The lowest BCUT2D eigenvalue weighted by atomic mass is 10.1. The Morgan fingerprint density at radius 3 is 2.56 bits per heavy atom. The van der Waals surface area contributed by atoms with Gasteiger partial charge in [0.2, 0.25) is 6.29 Å². The number of alkyl halides is 1. The number of ether oxygens (including phenoxy) is 2. The minimum atomic E-state index is -0.748. The number of rotatable bonds is 9. The van der Waals surface area contributed by atoms with Gasteiger partial charge >= 0.3 is 5.97 Å². The van der Waals surface area contributed by atoms with E-state index in [1.807, 2.05) is 0 Å². The fourth-order valence-electron chi connectivity index (χ4n) is 1.18. The molecule has 0 bridgehead atoms. The van der Waals surface area contributed by atoms with Crippen molar-refractivity contribution < 1.29 is 19.1 Å². The van der Waals surface area contributed by atoms with Crippen molar-refractivity contribution in [3.8, 4) is 0 Å². The molecular formula is C11H19BrO4. The monoisotopic (exact) mass is 294 g/mol. The van der Waals surface area contributed by atoms with Crippen LogP contribution in [-0.2, 0) is 19.1 Å². The second-order valence-corrected chi connectivity index (χ2v) is 4.94. The summed E-state index contributed by atoms with van der Waals surface area (Å²) in [5.41, 5.74) is 0. The van der Waals surface area contributed by atoms with Gasteiger partial charge in [0, 0.05) is 6.42 Å². The molecule has 0 fully saturated rings. The quantitative estimate of drug-likeness (QED) is 0.216. The van der Waals surface area contributed by atoms with Gasteiger partial charge in [0.15, 0.2) is 0 Å². The third-order valence-corrected chi connectivity index (χ3v) is 2.45. The highest BCUT2D eigenvalue weighted by molar-refractivity contribution is 9.10. The molecule has 0 amide bonds. The van der Waals surface area contributed by atoms with E-state index < -0.39 is 12.3 Å². The van der Waals surface area contributed by atoms with Crippen molar-refractivity contribution in [1.29, 1.82) is 0 Å². The van der Waals surface area contributed by atoms with E-state index in [2.05, 4.69) is 22.9 Å². The van der Waals surface area contributed by atoms with Crippen LogP contribution >= 0.6 is 15.9 Å². The first-order valence-electron chi connectivity index (χ1n) is 5.55. The number of carbonyl (C=O) groups excluding carboxylic acids is 2. The van der Waals surface area contributed by atoms with E-state index in [9.17, 15) is 9.59 Å². The Hall–Kier alpha value is -0.580. The maximum atomic E-state index is 11.3. The van der Waals surface area contributed by atoms with Crippen molar-refractivity contribution >= 4 is 28.4 Å². The first kappa shape index (κ1) is 15.4. The van der Waals surface area contributed by atoms with Crippen LogP contribution in [0, 0.1) is 0 Å². The zero-order valence-electron chi connectivity index (χ0n) is 9.78. The zero-order valence-corrected chi connectivity index (χ0v) is 11.4. The highest BCUT2D eigenvalue weighted by Gasteiger charge is 2.18. The van der Waals surface area contributed by atoms with E-state index in [0.717, 1.165) is 25.7 Å². The molecule has 4 nitrogen and oxygen atoms in total. The van der Waals surface area contributed by atoms with Crippen molar-refractivity contribution in [2.75, 3.05) is 0 Å². The van der Waals surface area contributed by atoms with E-state index in [4.69, 9.17) is 9.47 Å². The molecule has 16 heavy (non-hydrogen) atoms. The molecule has 0 aromatic rings. The number of halogens is 1. The second-order valence-electron chi connectivity index (χ2n) is 3.56. The molecule has 2 unspecified atom stereocenters. The first-order valence-corrected chi connectivity index (χ1v) is 6.47. The van der Waals surface area contributed by atoms with E-state index in [0.29, 0.717) is 12.9 Å². The summed E-state index contributed by atoms with van der Waals surface area (Å²) in [4.78, 5) is 21.1. The summed E-state index contributed by atoms with van der Waals surface area (Å²) < 4.78 is 9.69. The molecule has 0 saturated heterocycles. The van der Waals surface area contributed by atoms with Gasteiger partial charge < -0.3 is 9.47 Å². The van der Waals surface area contributed by atoms with Gasteiger partial charge in [-0.1, -0.05) is 42.1 Å². The highest BCUT2D eigenvalue weighted by Crippen LogP contribution is 2.11. The van der Waals surface area contributed by atoms with Gasteiger partial charge in [-0.3, -0.25) is 9.59 Å². The lowest BCUT2D eigenvalue weighted by molar-refractivity contribution is -0.180. The summed E-state index contributed by atoms with van der Waals surface area (Å²) in [5, 5.41) is 0. The Balaban J connectivity index is 3.87. The molecular weight excluding hydrogens is 276 g/mol. The molecule has 0 aliphatic carbocycles. The predicted octanol–water partition coefficient (Wildman–Crippen LogP) is 2.78. The fraction of sp³-hybridized carbons (Fsp3) is 0.818. The van der Waals surface area contributed by atoms with Crippen LogP contribution in [0.25, 0.3) is 0 Å². The van der Waals surface area contributed by atoms with Crippen molar-refractivity contribution in [2.24, 2.45) is 0 Å². The van der Waals surface area contributed by atoms with Crippen molar-refractivity contribution in [1.82, 2.24) is 0 Å². The van der Waals surface area contributed by atoms with Crippen LogP contribution < -0.4 is 0 Å². The van der Waals surface area contributed by atoms with Crippen LogP contribution in [0.1, 0.15) is 46.0 Å². The molecule has 0 aromatic carbocycles. The number of hydrogen-bond acceptors (Lipinski definition) is 4. The minimum absolute atomic E-state index is 0.316. The summed E-state index contributed by atoms with van der Waals surface area (Å²) in [6.45, 7) is 4.10. The van der Waals surface area contributed by atoms with E-state index in [1.165, 1.54) is 0 Å². The highest BCUT2D eigenvalue weighted by atomic mass is 79.9. The van der Waals surface area contributed by atoms with Gasteiger partial charge in [-0.15, -0.1) is 0 Å². The molecule has 0 spiro atoms. The van der Waals surface area contributed by atoms with Crippen molar-refractivity contribution in [3.05, 3.63) is 0 Å². The van der Waals surface area contributed by atoms with E-state index in [1.54, 1.807) is 6.92 Å². The molecule has 0 saturated carbocycles. The molecule has 0 aromatic heterocycles. The molecule has 0 radical (unpaired) electrons. The van der Waals surface area contributed by atoms with Gasteiger partial charge in [0.25, 0.3) is 6.47 Å². The summed E-state index contributed by atoms with van der Waals surface area (Å²) in [5.74, 6) is -0.414. The summed E-state index contributed by atoms with van der Waals surface area (Å²) in [6, 6.07) is 0. The van der Waals surface area contributed by atoms with Gasteiger partial charge in [0.1, 0.15) is 4.83 Å². The predicted molar refractivity (Wildman–Crippen MR) is 64.2 cm³/mol. The number of carbonyl (C=O) groups is 2. The number of esters is 1. The van der Waals surface area contributed by atoms with E-state index >= 15 is 0 Å². The van der Waals surface area contributed by atoms with Crippen LogP contribution in [0.15, 0.2) is 0 Å². The first-order chi connectivity index (χ1) is 7.61. The van der Waals surface area contributed by atoms with Crippen molar-refractivity contribution in [3.63, 3.8) is 0 Å². The minimum Gasteiger partial charge on any atom is -0.427 e. The lowest BCUT2D eigenvalue weighted by Crippen LogP contribution is -2.25. The van der Waals surface area contributed by atoms with Crippen LogP contribution in [0.4, 0.5) is 0 Å². The molecule has 0 heterocycles. The van der Waals surface area contributed by atoms with E-state index in [-0.39, 0.29) is 4.83 Å². The molecule has 0 N–H and O–H groups in total. The normalized spacial score (nSPS) is 13.9. The summed E-state index contributed by atoms with van der Waals surface area (Å²) >= 11 is 3.09. The molecule has 0 aliphatic rings. The summed E-state index contributed by atoms with van der Waals surface area (Å²) in [6.07, 6.45) is 4.02. The largest absolute Gasteiger partial charge is 0.427 e. The van der Waals surface area contributed by atoms with Crippen LogP contribution in [0.5, 0.6) is 0 Å². The standard InChI is InChI=1S/C11H19BrO4/c1-3-4-5-6-7-10(15-8-13)16-11(14)9(2)12/h8-10H,3-7H2,1-2H3. The number of hydrogen-bond donors (Lipinski definition) is 0. The average molecular weight is 295 g/mol. The Bertz CT molecular complexity index is 206. The van der Waals surface area contributed by atoms with Crippen LogP contribution in [-0.4, -0.2) is 23.6 Å². The second kappa shape index (κ2) is 9.63. The van der Waals surface area contributed by atoms with Gasteiger partial charge in [-0.05, 0) is 13.3 Å². The molecule has 0 aliphatic heterocycles. The smallest absolute Gasteiger partial charge is 0.322 e. The Kier molecular flexibility index (Phi) is 9.28. The molecule has 0 rings (SSSR count). The number of unbranched alkanes of at least 4 members (excludes halogenated alkanes) is 3. The maximum Gasteiger partial charge on any atom is 0.322 e. The third-order valence-electron chi connectivity index (χ3n) is 2.07. The van der Waals surface area contributed by atoms with Gasteiger partial charge in [0.05, 0.1) is 0 Å². The molecule has 5 heteroatoms. The van der Waals surface area contributed by atoms with Crippen LogP contribution in [0.3, 0.4) is 0 Å².